The molecule has 1 aromatic rings. The maximum absolute atomic E-state index is 11.2. The number of rotatable bonds is 1. The van der Waals surface area contributed by atoms with E-state index in [4.69, 9.17) is 0 Å². The lowest BCUT2D eigenvalue weighted by Crippen LogP contribution is -2.30. The van der Waals surface area contributed by atoms with Gasteiger partial charge in [-0.05, 0) is 24.5 Å². The van der Waals surface area contributed by atoms with E-state index in [0.717, 1.165) is 37.1 Å². The van der Waals surface area contributed by atoms with Gasteiger partial charge in [0.1, 0.15) is 0 Å². The van der Waals surface area contributed by atoms with Gasteiger partial charge >= 0.3 is 0 Å². The maximum Gasteiger partial charge on any atom is 0.219 e. The number of amides is 1. The molecule has 1 aliphatic heterocycles. The van der Waals surface area contributed by atoms with E-state index in [1.54, 1.807) is 18.3 Å². The quantitative estimate of drug-likeness (QED) is 0.677. The van der Waals surface area contributed by atoms with Gasteiger partial charge in [0.15, 0.2) is 6.29 Å². The summed E-state index contributed by atoms with van der Waals surface area (Å²) in [5.74, 6) is 0.140. The fraction of sp³-hybridized carbons (Fsp3) is 0.455. The molecule has 0 unspecified atom stereocenters. The summed E-state index contributed by atoms with van der Waals surface area (Å²) in [5.41, 5.74) is 1.24. The molecule has 1 aliphatic rings. The first-order valence-electron chi connectivity index (χ1n) is 5.03. The molecule has 2 heterocycles. The van der Waals surface area contributed by atoms with Crippen molar-refractivity contribution in [1.29, 1.82) is 0 Å². The minimum atomic E-state index is 0.140. The van der Waals surface area contributed by atoms with Crippen LogP contribution in [0.1, 0.15) is 27.0 Å². The van der Waals surface area contributed by atoms with Gasteiger partial charge in [-0.2, -0.15) is 0 Å². The molecule has 80 valence electrons. The van der Waals surface area contributed by atoms with Crippen LogP contribution in [-0.2, 0) is 17.6 Å². The maximum atomic E-state index is 11.2. The van der Waals surface area contributed by atoms with Gasteiger partial charge < -0.3 is 4.90 Å². The van der Waals surface area contributed by atoms with Crippen molar-refractivity contribution in [3.05, 3.63) is 21.4 Å². The zero-order valence-corrected chi connectivity index (χ0v) is 9.47. The van der Waals surface area contributed by atoms with Gasteiger partial charge in [-0.3, -0.25) is 9.59 Å². The average Bonchev–Trinajstić information content (AvgIpc) is 2.51. The lowest BCUT2D eigenvalue weighted by atomic mass is 10.1. The van der Waals surface area contributed by atoms with Crippen LogP contribution in [0, 0.1) is 0 Å². The number of carbonyl (C=O) groups excluding carboxylic acids is 2. The molecule has 15 heavy (non-hydrogen) atoms. The lowest BCUT2D eigenvalue weighted by molar-refractivity contribution is -0.128. The standard InChI is InChI=1S/C11H13NO2S/c1-8(14)12-4-2-9-6-10(7-13)15-11(9)3-5-12/h6-7H,2-5H2,1H3. The van der Waals surface area contributed by atoms with Gasteiger partial charge in [0.25, 0.3) is 0 Å². The first kappa shape index (κ1) is 10.4. The first-order chi connectivity index (χ1) is 7.20. The van der Waals surface area contributed by atoms with E-state index in [9.17, 15) is 9.59 Å². The van der Waals surface area contributed by atoms with Gasteiger partial charge in [-0.25, -0.2) is 0 Å². The summed E-state index contributed by atoms with van der Waals surface area (Å²) in [4.78, 5) is 25.8. The fourth-order valence-corrected chi connectivity index (χ4v) is 2.91. The van der Waals surface area contributed by atoms with E-state index in [1.807, 2.05) is 11.0 Å². The largest absolute Gasteiger partial charge is 0.342 e. The molecule has 0 N–H and O–H groups in total. The van der Waals surface area contributed by atoms with Gasteiger partial charge in [-0.1, -0.05) is 0 Å². The van der Waals surface area contributed by atoms with Crippen LogP contribution in [0.5, 0.6) is 0 Å². The Morgan fingerprint density at radius 2 is 2.20 bits per heavy atom. The summed E-state index contributed by atoms with van der Waals surface area (Å²) in [7, 11) is 0. The Labute approximate surface area is 92.7 Å². The third-order valence-corrected chi connectivity index (χ3v) is 3.90. The van der Waals surface area contributed by atoms with Crippen molar-refractivity contribution in [2.24, 2.45) is 0 Å². The number of hydrogen-bond donors (Lipinski definition) is 0. The third-order valence-electron chi connectivity index (χ3n) is 2.74. The van der Waals surface area contributed by atoms with Crippen molar-refractivity contribution >= 4 is 23.5 Å². The van der Waals surface area contributed by atoms with E-state index in [0.29, 0.717) is 0 Å². The highest BCUT2D eigenvalue weighted by Crippen LogP contribution is 2.25. The van der Waals surface area contributed by atoms with Crippen LogP contribution in [0.15, 0.2) is 6.07 Å². The predicted molar refractivity (Wildman–Crippen MR) is 59.4 cm³/mol. The molecule has 4 heteroatoms. The molecular weight excluding hydrogens is 210 g/mol. The normalized spacial score (nSPS) is 15.7. The summed E-state index contributed by atoms with van der Waals surface area (Å²) in [6.07, 6.45) is 2.66. The lowest BCUT2D eigenvalue weighted by Gasteiger charge is -2.17. The summed E-state index contributed by atoms with van der Waals surface area (Å²) in [6.45, 7) is 3.16. The second-order valence-electron chi connectivity index (χ2n) is 3.72. The fourth-order valence-electron chi connectivity index (χ4n) is 1.89. The van der Waals surface area contributed by atoms with Crippen LogP contribution in [0.25, 0.3) is 0 Å². The molecule has 0 aromatic carbocycles. The second kappa shape index (κ2) is 4.14. The molecule has 0 bridgehead atoms. The number of fused-ring (bicyclic) bond motifs is 1. The molecule has 0 atom stereocenters. The Balaban J connectivity index is 2.17. The highest BCUT2D eigenvalue weighted by atomic mass is 32.1. The van der Waals surface area contributed by atoms with E-state index < -0.39 is 0 Å². The number of aldehydes is 1. The Bertz CT molecular complexity index is 372. The van der Waals surface area contributed by atoms with E-state index in [-0.39, 0.29) is 5.91 Å². The average molecular weight is 223 g/mol. The summed E-state index contributed by atoms with van der Waals surface area (Å²) < 4.78 is 0. The van der Waals surface area contributed by atoms with E-state index >= 15 is 0 Å². The Morgan fingerprint density at radius 1 is 1.47 bits per heavy atom. The predicted octanol–water partition coefficient (Wildman–Crippen LogP) is 1.51. The smallest absolute Gasteiger partial charge is 0.219 e. The molecule has 3 nitrogen and oxygen atoms in total. The molecule has 0 fully saturated rings. The molecule has 0 saturated heterocycles. The minimum Gasteiger partial charge on any atom is -0.342 e. The first-order valence-corrected chi connectivity index (χ1v) is 5.84. The van der Waals surface area contributed by atoms with Crippen LogP contribution >= 0.6 is 11.3 Å². The van der Waals surface area contributed by atoms with Crippen molar-refractivity contribution in [3.8, 4) is 0 Å². The van der Waals surface area contributed by atoms with Crippen LogP contribution in [-0.4, -0.2) is 30.2 Å². The van der Waals surface area contributed by atoms with Crippen molar-refractivity contribution in [2.45, 2.75) is 19.8 Å². The zero-order chi connectivity index (χ0) is 10.8. The molecule has 1 aromatic heterocycles. The molecule has 0 radical (unpaired) electrons. The minimum absolute atomic E-state index is 0.140. The Hall–Kier alpha value is -1.16. The van der Waals surface area contributed by atoms with Crippen LogP contribution < -0.4 is 0 Å². The van der Waals surface area contributed by atoms with Gasteiger partial charge in [0.2, 0.25) is 5.91 Å². The zero-order valence-electron chi connectivity index (χ0n) is 8.66. The molecule has 0 saturated carbocycles. The van der Waals surface area contributed by atoms with Crippen LogP contribution in [0.2, 0.25) is 0 Å². The van der Waals surface area contributed by atoms with E-state index in [2.05, 4.69) is 0 Å². The van der Waals surface area contributed by atoms with Crippen molar-refractivity contribution in [3.63, 3.8) is 0 Å². The monoisotopic (exact) mass is 223 g/mol. The summed E-state index contributed by atoms with van der Waals surface area (Å²) >= 11 is 1.56. The highest BCUT2D eigenvalue weighted by molar-refractivity contribution is 7.13. The number of thiophene rings is 1. The third kappa shape index (κ3) is 2.09. The number of nitrogens with zero attached hydrogens (tertiary/aromatic N) is 1. The topological polar surface area (TPSA) is 37.4 Å². The van der Waals surface area contributed by atoms with Crippen molar-refractivity contribution < 1.29 is 9.59 Å². The molecule has 0 aliphatic carbocycles. The molecule has 1 amide bonds. The number of carbonyl (C=O) groups is 2. The molecule has 2 rings (SSSR count). The summed E-state index contributed by atoms with van der Waals surface area (Å²) in [5, 5.41) is 0. The SMILES string of the molecule is CC(=O)N1CCc2cc(C=O)sc2CC1. The van der Waals surface area contributed by atoms with Crippen molar-refractivity contribution in [2.75, 3.05) is 13.1 Å². The van der Waals surface area contributed by atoms with Crippen LogP contribution in [0.3, 0.4) is 0 Å². The highest BCUT2D eigenvalue weighted by Gasteiger charge is 2.17. The van der Waals surface area contributed by atoms with E-state index in [1.165, 1.54) is 10.4 Å². The molecule has 0 spiro atoms. The summed E-state index contributed by atoms with van der Waals surface area (Å²) in [6, 6.07) is 1.95. The Morgan fingerprint density at radius 3 is 2.87 bits per heavy atom. The Kier molecular flexibility index (Phi) is 2.86. The van der Waals surface area contributed by atoms with Gasteiger partial charge in [0.05, 0.1) is 4.88 Å². The van der Waals surface area contributed by atoms with Gasteiger partial charge in [-0.15, -0.1) is 11.3 Å². The van der Waals surface area contributed by atoms with Crippen molar-refractivity contribution in [1.82, 2.24) is 4.90 Å². The number of hydrogen-bond acceptors (Lipinski definition) is 3. The second-order valence-corrected chi connectivity index (χ2v) is 4.89. The molecular formula is C11H13NO2S. The van der Waals surface area contributed by atoms with Gasteiger partial charge in [0, 0.05) is 24.9 Å². The van der Waals surface area contributed by atoms with Crippen LogP contribution in [0.4, 0.5) is 0 Å².